The molecule has 10 heteroatoms. The minimum Gasteiger partial charge on any atom is -0.356 e. The lowest BCUT2D eigenvalue weighted by molar-refractivity contribution is -0.140. The van der Waals surface area contributed by atoms with Crippen molar-refractivity contribution in [3.05, 3.63) is 51.5 Å². The topological polar surface area (TPSA) is 69.6 Å². The summed E-state index contributed by atoms with van der Waals surface area (Å²) < 4.78 is 37.8. The highest BCUT2D eigenvalue weighted by atomic mass is 32.1. The number of hydrogen-bond donors (Lipinski definition) is 2. The number of carbonyl (C=O) groups excluding carboxylic acids is 1. The van der Waals surface area contributed by atoms with Crippen molar-refractivity contribution in [2.75, 3.05) is 20.1 Å². The molecule has 1 saturated heterocycles. The van der Waals surface area contributed by atoms with Crippen LogP contribution in [0.15, 0.2) is 34.6 Å². The van der Waals surface area contributed by atoms with Crippen LogP contribution in [0.3, 0.4) is 0 Å². The number of amides is 1. The molecule has 0 saturated carbocycles. The predicted octanol–water partition coefficient (Wildman–Crippen LogP) is 3.19. The maximum Gasteiger partial charge on any atom is 0.434 e. The van der Waals surface area contributed by atoms with Gasteiger partial charge in [0.15, 0.2) is 11.7 Å². The van der Waals surface area contributed by atoms with E-state index in [9.17, 15) is 18.0 Å². The van der Waals surface area contributed by atoms with Gasteiger partial charge >= 0.3 is 6.18 Å². The quantitative estimate of drug-likeness (QED) is 0.514. The van der Waals surface area contributed by atoms with Crippen LogP contribution >= 0.6 is 11.3 Å². The van der Waals surface area contributed by atoms with Gasteiger partial charge in [-0.15, -0.1) is 11.3 Å². The smallest absolute Gasteiger partial charge is 0.356 e. The first-order valence-electron chi connectivity index (χ1n) is 9.67. The fourth-order valence-corrected chi connectivity index (χ4v) is 3.98. The first kappa shape index (κ1) is 22.1. The molecule has 1 amide bonds. The average Bonchev–Trinajstić information content (AvgIpc) is 3.34. The van der Waals surface area contributed by atoms with E-state index >= 15 is 0 Å². The molecule has 2 N–H and O–H groups in total. The molecule has 3 rings (SSSR count). The number of benzene rings is 1. The fourth-order valence-electron chi connectivity index (χ4n) is 3.18. The van der Waals surface area contributed by atoms with Crippen LogP contribution in [0, 0.1) is 0 Å². The normalized spacial score (nSPS) is 15.0. The lowest BCUT2D eigenvalue weighted by atomic mass is 10.1. The van der Waals surface area contributed by atoms with Crippen LogP contribution < -0.4 is 10.6 Å². The van der Waals surface area contributed by atoms with E-state index in [1.165, 1.54) is 0 Å². The third kappa shape index (κ3) is 6.19. The molecule has 162 valence electrons. The van der Waals surface area contributed by atoms with Crippen LogP contribution in [0.1, 0.15) is 34.7 Å². The molecule has 1 aromatic heterocycles. The molecule has 0 aliphatic carbocycles. The van der Waals surface area contributed by atoms with Gasteiger partial charge in [-0.2, -0.15) is 13.2 Å². The van der Waals surface area contributed by atoms with E-state index < -0.39 is 11.9 Å². The van der Waals surface area contributed by atoms with Crippen molar-refractivity contribution in [2.24, 2.45) is 4.99 Å². The third-order valence-electron chi connectivity index (χ3n) is 4.69. The number of alkyl halides is 3. The Kier molecular flexibility index (Phi) is 7.30. The summed E-state index contributed by atoms with van der Waals surface area (Å²) in [5.41, 5.74) is 1.29. The molecule has 0 atom stereocenters. The molecule has 1 fully saturated rings. The summed E-state index contributed by atoms with van der Waals surface area (Å²) in [6.45, 7) is 2.38. The number of thiazole rings is 1. The number of rotatable bonds is 7. The number of aromatic nitrogens is 1. The Morgan fingerprint density at radius 2 is 2.10 bits per heavy atom. The Labute approximate surface area is 177 Å². The van der Waals surface area contributed by atoms with Crippen molar-refractivity contribution in [3.63, 3.8) is 0 Å². The van der Waals surface area contributed by atoms with E-state index in [4.69, 9.17) is 0 Å². The van der Waals surface area contributed by atoms with E-state index in [1.807, 2.05) is 23.1 Å². The maximum atomic E-state index is 12.6. The van der Waals surface area contributed by atoms with Gasteiger partial charge in [0.1, 0.15) is 0 Å². The molecular weight excluding hydrogens is 415 g/mol. The van der Waals surface area contributed by atoms with Crippen LogP contribution in [0.2, 0.25) is 0 Å². The van der Waals surface area contributed by atoms with Crippen molar-refractivity contribution in [3.8, 4) is 0 Å². The Morgan fingerprint density at radius 1 is 1.30 bits per heavy atom. The largest absolute Gasteiger partial charge is 0.434 e. The van der Waals surface area contributed by atoms with Crippen LogP contribution in [0.25, 0.3) is 0 Å². The molecule has 0 bridgehead atoms. The van der Waals surface area contributed by atoms with Gasteiger partial charge in [-0.1, -0.05) is 24.3 Å². The Bertz CT molecular complexity index is 897. The van der Waals surface area contributed by atoms with Crippen LogP contribution in [-0.2, 0) is 30.5 Å². The highest BCUT2D eigenvalue weighted by Gasteiger charge is 2.33. The van der Waals surface area contributed by atoms with Gasteiger partial charge in [-0.3, -0.25) is 9.79 Å². The van der Waals surface area contributed by atoms with Gasteiger partial charge in [-0.05, 0) is 17.5 Å². The highest BCUT2D eigenvalue weighted by Crippen LogP contribution is 2.30. The van der Waals surface area contributed by atoms with Gasteiger partial charge < -0.3 is 15.5 Å². The Balaban J connectivity index is 1.45. The monoisotopic (exact) mass is 439 g/mol. The molecule has 30 heavy (non-hydrogen) atoms. The van der Waals surface area contributed by atoms with Crippen molar-refractivity contribution in [2.45, 2.75) is 38.5 Å². The number of aliphatic imine (C=N–C) groups is 1. The van der Waals surface area contributed by atoms with Gasteiger partial charge in [0.2, 0.25) is 5.91 Å². The molecule has 1 aliphatic heterocycles. The summed E-state index contributed by atoms with van der Waals surface area (Å²) in [6.07, 6.45) is -2.49. The molecule has 2 heterocycles. The summed E-state index contributed by atoms with van der Waals surface area (Å²) in [4.78, 5) is 21.4. The fraction of sp³-hybridized carbons (Fsp3) is 0.450. The summed E-state index contributed by atoms with van der Waals surface area (Å²) in [5.74, 6) is 0.758. The molecule has 6 nitrogen and oxygen atoms in total. The zero-order valence-electron chi connectivity index (χ0n) is 16.6. The van der Waals surface area contributed by atoms with Crippen molar-refractivity contribution < 1.29 is 18.0 Å². The number of guanidine groups is 1. The lowest BCUT2D eigenvalue weighted by Crippen LogP contribution is -2.37. The standard InChI is InChI=1S/C20H24F3N5OS/c1-24-19(25-8-7-17-27-16(13-30-17)20(21,22)23)26-11-14-4-2-5-15(10-14)12-28-9-3-6-18(28)29/h2,4-5,10,13H,3,6-9,11-12H2,1H3,(H2,24,25,26). The van der Waals surface area contributed by atoms with E-state index in [0.717, 1.165) is 40.8 Å². The zero-order chi connectivity index (χ0) is 21.6. The number of nitrogens with one attached hydrogen (secondary N) is 2. The first-order chi connectivity index (χ1) is 14.3. The lowest BCUT2D eigenvalue weighted by Gasteiger charge is -2.16. The van der Waals surface area contributed by atoms with Crippen LogP contribution in [0.4, 0.5) is 13.2 Å². The van der Waals surface area contributed by atoms with Crippen molar-refractivity contribution in [1.82, 2.24) is 20.5 Å². The van der Waals surface area contributed by atoms with Gasteiger partial charge in [0.05, 0.1) is 5.01 Å². The molecule has 1 aliphatic rings. The number of nitrogens with zero attached hydrogens (tertiary/aromatic N) is 3. The second-order valence-corrected chi connectivity index (χ2v) is 7.91. The number of halogens is 3. The number of hydrogen-bond acceptors (Lipinski definition) is 4. The molecule has 1 aromatic carbocycles. The van der Waals surface area contributed by atoms with E-state index in [0.29, 0.717) is 43.4 Å². The van der Waals surface area contributed by atoms with E-state index in [2.05, 4.69) is 26.7 Å². The van der Waals surface area contributed by atoms with E-state index in [-0.39, 0.29) is 5.91 Å². The number of likely N-dealkylation sites (tertiary alicyclic amines) is 1. The predicted molar refractivity (Wildman–Crippen MR) is 110 cm³/mol. The molecule has 0 unspecified atom stereocenters. The second kappa shape index (κ2) is 9.92. The Hall–Kier alpha value is -2.62. The third-order valence-corrected chi connectivity index (χ3v) is 5.60. The van der Waals surface area contributed by atoms with Crippen molar-refractivity contribution in [1.29, 1.82) is 0 Å². The molecule has 2 aromatic rings. The second-order valence-electron chi connectivity index (χ2n) is 6.97. The summed E-state index contributed by atoms with van der Waals surface area (Å²) in [7, 11) is 1.63. The van der Waals surface area contributed by atoms with Gasteiger partial charge in [0.25, 0.3) is 0 Å². The van der Waals surface area contributed by atoms with Crippen molar-refractivity contribution >= 4 is 23.2 Å². The summed E-state index contributed by atoms with van der Waals surface area (Å²) in [5, 5.41) is 7.74. The first-order valence-corrected chi connectivity index (χ1v) is 10.5. The summed E-state index contributed by atoms with van der Waals surface area (Å²) >= 11 is 1.00. The summed E-state index contributed by atoms with van der Waals surface area (Å²) in [6, 6.07) is 8.01. The highest BCUT2D eigenvalue weighted by molar-refractivity contribution is 7.09. The Morgan fingerprint density at radius 3 is 2.77 bits per heavy atom. The average molecular weight is 440 g/mol. The van der Waals surface area contributed by atoms with Crippen LogP contribution in [0.5, 0.6) is 0 Å². The maximum absolute atomic E-state index is 12.6. The minimum atomic E-state index is -4.41. The van der Waals surface area contributed by atoms with Gasteiger partial charge in [0, 0.05) is 51.4 Å². The SMILES string of the molecule is CN=C(NCCc1nc(C(F)(F)F)cs1)NCc1cccc(CN2CCCC2=O)c1. The zero-order valence-corrected chi connectivity index (χ0v) is 17.4. The van der Waals surface area contributed by atoms with Gasteiger partial charge in [-0.25, -0.2) is 4.98 Å². The molecule has 0 spiro atoms. The molecular formula is C20H24F3N5OS. The van der Waals surface area contributed by atoms with E-state index in [1.54, 1.807) is 7.05 Å². The van der Waals surface area contributed by atoms with Crippen LogP contribution in [-0.4, -0.2) is 41.9 Å². The minimum absolute atomic E-state index is 0.200. The number of carbonyl (C=O) groups is 1. The molecule has 0 radical (unpaired) electrons.